The maximum atomic E-state index is 10.4. The molecule has 0 aliphatic rings. The highest BCUT2D eigenvalue weighted by atomic mass is 16.5. The summed E-state index contributed by atoms with van der Waals surface area (Å²) in [7, 11) is 1.60. The Morgan fingerprint density at radius 1 is 1.30 bits per heavy atom. The van der Waals surface area contributed by atoms with Crippen molar-refractivity contribution in [1.29, 1.82) is 0 Å². The summed E-state index contributed by atoms with van der Waals surface area (Å²) in [4.78, 5) is 4.24. The van der Waals surface area contributed by atoms with Crippen LogP contribution in [0.4, 0.5) is 0 Å². The van der Waals surface area contributed by atoms with Gasteiger partial charge >= 0.3 is 0 Å². The standard InChI is InChI=1S/C15H21N3O2/c1-11(2)9-18-15(16-10-17-18)8-13(19)12-6-4-5-7-14(12)20-3/h4-7,10-11,13,19H,8-9H2,1-3H3. The third kappa shape index (κ3) is 3.36. The molecule has 1 aromatic heterocycles. The summed E-state index contributed by atoms with van der Waals surface area (Å²) in [5.74, 6) is 1.96. The van der Waals surface area contributed by atoms with Gasteiger partial charge in [-0.1, -0.05) is 32.0 Å². The van der Waals surface area contributed by atoms with Gasteiger partial charge in [-0.25, -0.2) is 9.67 Å². The normalized spacial score (nSPS) is 12.7. The van der Waals surface area contributed by atoms with E-state index in [-0.39, 0.29) is 0 Å². The number of benzene rings is 1. The number of rotatable bonds is 6. The number of hydrogen-bond acceptors (Lipinski definition) is 4. The molecule has 0 aliphatic heterocycles. The van der Waals surface area contributed by atoms with Crippen LogP contribution in [0, 0.1) is 5.92 Å². The zero-order valence-electron chi connectivity index (χ0n) is 12.2. The first-order chi connectivity index (χ1) is 9.61. The maximum Gasteiger partial charge on any atom is 0.138 e. The van der Waals surface area contributed by atoms with Crippen LogP contribution in [0.5, 0.6) is 5.75 Å². The second-order valence-electron chi connectivity index (χ2n) is 5.21. The van der Waals surface area contributed by atoms with Gasteiger partial charge < -0.3 is 9.84 Å². The fraction of sp³-hybridized carbons (Fsp3) is 0.467. The predicted octanol–water partition coefficient (Wildman–Crippen LogP) is 2.22. The van der Waals surface area contributed by atoms with Gasteiger partial charge in [0.25, 0.3) is 0 Å². The van der Waals surface area contributed by atoms with Crippen molar-refractivity contribution in [3.63, 3.8) is 0 Å². The average Bonchev–Trinajstić information content (AvgIpc) is 2.85. The lowest BCUT2D eigenvalue weighted by Crippen LogP contribution is -2.13. The monoisotopic (exact) mass is 275 g/mol. The van der Waals surface area contributed by atoms with E-state index in [1.807, 2.05) is 28.9 Å². The van der Waals surface area contributed by atoms with Crippen molar-refractivity contribution in [1.82, 2.24) is 14.8 Å². The number of methoxy groups -OCH3 is 1. The molecule has 0 saturated heterocycles. The zero-order valence-corrected chi connectivity index (χ0v) is 12.2. The van der Waals surface area contributed by atoms with E-state index < -0.39 is 6.10 Å². The predicted molar refractivity (Wildman–Crippen MR) is 76.5 cm³/mol. The summed E-state index contributed by atoms with van der Waals surface area (Å²) in [6.07, 6.45) is 1.31. The van der Waals surface area contributed by atoms with E-state index in [9.17, 15) is 5.11 Å². The summed E-state index contributed by atoms with van der Waals surface area (Å²) >= 11 is 0. The van der Waals surface area contributed by atoms with Crippen molar-refractivity contribution in [3.8, 4) is 5.75 Å². The van der Waals surface area contributed by atoms with E-state index in [4.69, 9.17) is 4.74 Å². The van der Waals surface area contributed by atoms with E-state index in [2.05, 4.69) is 23.9 Å². The van der Waals surface area contributed by atoms with E-state index in [1.54, 1.807) is 7.11 Å². The van der Waals surface area contributed by atoms with Crippen LogP contribution in [0.25, 0.3) is 0 Å². The summed E-state index contributed by atoms with van der Waals surface area (Å²) in [5, 5.41) is 14.6. The van der Waals surface area contributed by atoms with Gasteiger partial charge in [-0.15, -0.1) is 0 Å². The summed E-state index contributed by atoms with van der Waals surface area (Å²) in [6.45, 7) is 5.05. The molecule has 0 aliphatic carbocycles. The Balaban J connectivity index is 2.15. The van der Waals surface area contributed by atoms with Crippen LogP contribution in [0.2, 0.25) is 0 Å². The molecule has 108 valence electrons. The van der Waals surface area contributed by atoms with E-state index in [0.29, 0.717) is 18.1 Å². The van der Waals surface area contributed by atoms with E-state index in [0.717, 1.165) is 17.9 Å². The molecule has 0 amide bonds. The van der Waals surface area contributed by atoms with Crippen molar-refractivity contribution in [2.24, 2.45) is 5.92 Å². The number of para-hydroxylation sites is 1. The van der Waals surface area contributed by atoms with Crippen LogP contribution < -0.4 is 4.74 Å². The van der Waals surface area contributed by atoms with Gasteiger partial charge in [0.05, 0.1) is 13.2 Å². The van der Waals surface area contributed by atoms with Gasteiger partial charge in [0.2, 0.25) is 0 Å². The molecule has 1 aromatic carbocycles. The first-order valence-corrected chi connectivity index (χ1v) is 6.79. The summed E-state index contributed by atoms with van der Waals surface area (Å²) in [5.41, 5.74) is 0.772. The molecule has 2 aromatic rings. The summed E-state index contributed by atoms with van der Waals surface area (Å²) in [6, 6.07) is 7.49. The first kappa shape index (κ1) is 14.5. The van der Waals surface area contributed by atoms with Crippen LogP contribution in [0.1, 0.15) is 31.3 Å². The van der Waals surface area contributed by atoms with Gasteiger partial charge in [0.15, 0.2) is 0 Å². The molecular formula is C15H21N3O2. The minimum Gasteiger partial charge on any atom is -0.496 e. The highest BCUT2D eigenvalue weighted by Gasteiger charge is 2.17. The fourth-order valence-electron chi connectivity index (χ4n) is 2.17. The van der Waals surface area contributed by atoms with Crippen LogP contribution in [0.3, 0.4) is 0 Å². The molecule has 0 bridgehead atoms. The lowest BCUT2D eigenvalue weighted by atomic mass is 10.1. The SMILES string of the molecule is COc1ccccc1C(O)Cc1ncnn1CC(C)C. The molecule has 5 nitrogen and oxygen atoms in total. The molecule has 0 fully saturated rings. The number of aliphatic hydroxyl groups excluding tert-OH is 1. The second kappa shape index (κ2) is 6.52. The maximum absolute atomic E-state index is 10.4. The Morgan fingerprint density at radius 2 is 2.05 bits per heavy atom. The lowest BCUT2D eigenvalue weighted by Gasteiger charge is -2.15. The first-order valence-electron chi connectivity index (χ1n) is 6.79. The minimum absolute atomic E-state index is 0.424. The minimum atomic E-state index is -0.652. The lowest BCUT2D eigenvalue weighted by molar-refractivity contribution is 0.169. The second-order valence-corrected chi connectivity index (χ2v) is 5.21. The molecule has 0 spiro atoms. The van der Waals surface area contributed by atoms with Gasteiger partial charge in [0.1, 0.15) is 17.9 Å². The highest BCUT2D eigenvalue weighted by molar-refractivity contribution is 5.35. The molecule has 0 radical (unpaired) electrons. The molecule has 2 rings (SSSR count). The smallest absolute Gasteiger partial charge is 0.138 e. The number of ether oxygens (including phenoxy) is 1. The molecule has 1 N–H and O–H groups in total. The van der Waals surface area contributed by atoms with Gasteiger partial charge in [-0.3, -0.25) is 0 Å². The topological polar surface area (TPSA) is 60.2 Å². The quantitative estimate of drug-likeness (QED) is 0.878. The molecule has 1 heterocycles. The molecule has 1 atom stereocenters. The van der Waals surface area contributed by atoms with Gasteiger partial charge in [0, 0.05) is 18.5 Å². The molecule has 0 saturated carbocycles. The van der Waals surface area contributed by atoms with Crippen molar-refractivity contribution >= 4 is 0 Å². The number of nitrogens with zero attached hydrogens (tertiary/aromatic N) is 3. The largest absolute Gasteiger partial charge is 0.496 e. The van der Waals surface area contributed by atoms with E-state index in [1.165, 1.54) is 6.33 Å². The highest BCUT2D eigenvalue weighted by Crippen LogP contribution is 2.26. The Hall–Kier alpha value is -1.88. The average molecular weight is 275 g/mol. The van der Waals surface area contributed by atoms with Crippen molar-refractivity contribution in [2.75, 3.05) is 7.11 Å². The number of hydrogen-bond donors (Lipinski definition) is 1. The van der Waals surface area contributed by atoms with Gasteiger partial charge in [-0.05, 0) is 12.0 Å². The van der Waals surface area contributed by atoms with Crippen LogP contribution >= 0.6 is 0 Å². The Labute approximate surface area is 119 Å². The Bertz CT molecular complexity index is 552. The molecule has 5 heteroatoms. The zero-order chi connectivity index (χ0) is 14.5. The van der Waals surface area contributed by atoms with E-state index >= 15 is 0 Å². The third-order valence-electron chi connectivity index (χ3n) is 3.11. The fourth-order valence-corrected chi connectivity index (χ4v) is 2.17. The van der Waals surface area contributed by atoms with Crippen molar-refractivity contribution in [2.45, 2.75) is 32.9 Å². The molecular weight excluding hydrogens is 254 g/mol. The summed E-state index contributed by atoms with van der Waals surface area (Å²) < 4.78 is 7.13. The molecule has 1 unspecified atom stereocenters. The van der Waals surface area contributed by atoms with Crippen LogP contribution in [-0.4, -0.2) is 27.0 Å². The van der Waals surface area contributed by atoms with Gasteiger partial charge in [-0.2, -0.15) is 5.10 Å². The molecule has 20 heavy (non-hydrogen) atoms. The Morgan fingerprint density at radius 3 is 2.75 bits per heavy atom. The Kier molecular flexibility index (Phi) is 4.74. The number of aromatic nitrogens is 3. The van der Waals surface area contributed by atoms with Crippen LogP contribution in [-0.2, 0) is 13.0 Å². The number of aliphatic hydroxyl groups is 1. The van der Waals surface area contributed by atoms with Crippen molar-refractivity contribution in [3.05, 3.63) is 42.0 Å². The van der Waals surface area contributed by atoms with Crippen LogP contribution in [0.15, 0.2) is 30.6 Å². The van der Waals surface area contributed by atoms with Crippen molar-refractivity contribution < 1.29 is 9.84 Å². The third-order valence-corrected chi connectivity index (χ3v) is 3.11.